The molecule has 0 fully saturated rings. The van der Waals surface area contributed by atoms with Crippen molar-refractivity contribution in [2.24, 2.45) is 0 Å². The first-order chi connectivity index (χ1) is 12.7. The zero-order chi connectivity index (χ0) is 17.9. The number of carbonyl (C=O) groups excluding carboxylic acids is 2. The van der Waals surface area contributed by atoms with Crippen molar-refractivity contribution < 1.29 is 9.59 Å². The summed E-state index contributed by atoms with van der Waals surface area (Å²) in [4.78, 5) is 26.9. The Labute approximate surface area is 152 Å². The van der Waals surface area contributed by atoms with Crippen LogP contribution in [0.5, 0.6) is 0 Å². The molecule has 0 spiro atoms. The van der Waals surface area contributed by atoms with Gasteiger partial charge in [0.15, 0.2) is 0 Å². The number of hydrogen-bond acceptors (Lipinski definition) is 2. The summed E-state index contributed by atoms with van der Waals surface area (Å²) in [6.45, 7) is 0.689. The van der Waals surface area contributed by atoms with Gasteiger partial charge in [-0.25, -0.2) is 0 Å². The summed E-state index contributed by atoms with van der Waals surface area (Å²) >= 11 is 0. The van der Waals surface area contributed by atoms with E-state index in [2.05, 4.69) is 11.4 Å². The Morgan fingerprint density at radius 3 is 2.19 bits per heavy atom. The first-order valence-electron chi connectivity index (χ1n) is 8.58. The Morgan fingerprint density at radius 2 is 1.42 bits per heavy atom. The zero-order valence-corrected chi connectivity index (χ0v) is 14.2. The minimum absolute atomic E-state index is 0.0371. The number of para-hydroxylation sites is 2. The van der Waals surface area contributed by atoms with E-state index < -0.39 is 0 Å². The maximum Gasteiger partial charge on any atom is 0.258 e. The molecule has 26 heavy (non-hydrogen) atoms. The number of benzene rings is 3. The molecule has 4 rings (SSSR count). The Kier molecular flexibility index (Phi) is 4.23. The lowest BCUT2D eigenvalue weighted by Crippen LogP contribution is -2.28. The second kappa shape index (κ2) is 6.84. The molecule has 0 saturated carbocycles. The molecule has 1 aliphatic rings. The van der Waals surface area contributed by atoms with Crippen LogP contribution in [0.15, 0.2) is 78.9 Å². The number of fused-ring (bicyclic) bond motifs is 1. The highest BCUT2D eigenvalue weighted by molar-refractivity contribution is 6.09. The standard InChI is InChI=1S/C22H18N2O2/c25-21(23-19-7-2-1-3-8-19)17-10-12-18(13-11-17)22(26)24-15-14-16-6-4-5-9-20(16)24/h1-13H,14-15H2,(H,23,25). The topological polar surface area (TPSA) is 49.4 Å². The van der Waals surface area contributed by atoms with Crippen LogP contribution in [-0.4, -0.2) is 18.4 Å². The summed E-state index contributed by atoms with van der Waals surface area (Å²) in [6, 6.07) is 24.1. The Balaban J connectivity index is 1.49. The summed E-state index contributed by atoms with van der Waals surface area (Å²) in [5, 5.41) is 2.84. The van der Waals surface area contributed by atoms with E-state index in [9.17, 15) is 9.59 Å². The molecule has 0 aliphatic carbocycles. The van der Waals surface area contributed by atoms with Crippen LogP contribution in [0.1, 0.15) is 26.3 Å². The fraction of sp³-hybridized carbons (Fsp3) is 0.0909. The molecule has 1 heterocycles. The maximum absolute atomic E-state index is 12.8. The van der Waals surface area contributed by atoms with Crippen LogP contribution in [0.4, 0.5) is 11.4 Å². The van der Waals surface area contributed by atoms with Gasteiger partial charge in [-0.1, -0.05) is 36.4 Å². The number of amides is 2. The van der Waals surface area contributed by atoms with Gasteiger partial charge in [0.2, 0.25) is 0 Å². The van der Waals surface area contributed by atoms with E-state index >= 15 is 0 Å². The van der Waals surface area contributed by atoms with E-state index in [1.807, 2.05) is 48.5 Å². The third-order valence-corrected chi connectivity index (χ3v) is 4.56. The molecule has 3 aromatic rings. The molecule has 1 aliphatic heterocycles. The lowest BCUT2D eigenvalue weighted by molar-refractivity contribution is 0.0986. The second-order valence-corrected chi connectivity index (χ2v) is 6.23. The molecular formula is C22H18N2O2. The Bertz CT molecular complexity index is 949. The van der Waals surface area contributed by atoms with E-state index in [-0.39, 0.29) is 11.8 Å². The van der Waals surface area contributed by atoms with Gasteiger partial charge in [0.05, 0.1) is 0 Å². The molecule has 3 aromatic carbocycles. The van der Waals surface area contributed by atoms with Gasteiger partial charge in [0, 0.05) is 29.0 Å². The molecular weight excluding hydrogens is 324 g/mol. The minimum atomic E-state index is -0.193. The summed E-state index contributed by atoms with van der Waals surface area (Å²) in [7, 11) is 0. The molecule has 4 heteroatoms. The molecule has 2 amide bonds. The van der Waals surface area contributed by atoms with Crippen molar-refractivity contribution in [1.82, 2.24) is 0 Å². The van der Waals surface area contributed by atoms with Crippen molar-refractivity contribution in [3.63, 3.8) is 0 Å². The predicted molar refractivity (Wildman–Crippen MR) is 103 cm³/mol. The lowest BCUT2D eigenvalue weighted by Gasteiger charge is -2.17. The molecule has 0 atom stereocenters. The lowest BCUT2D eigenvalue weighted by atomic mass is 10.1. The van der Waals surface area contributed by atoms with Gasteiger partial charge < -0.3 is 10.2 Å². The number of carbonyl (C=O) groups is 2. The third-order valence-electron chi connectivity index (χ3n) is 4.56. The van der Waals surface area contributed by atoms with Gasteiger partial charge in [-0.2, -0.15) is 0 Å². The van der Waals surface area contributed by atoms with Crippen molar-refractivity contribution in [2.75, 3.05) is 16.8 Å². The van der Waals surface area contributed by atoms with Crippen LogP contribution in [0.25, 0.3) is 0 Å². The molecule has 0 saturated heterocycles. The third kappa shape index (κ3) is 3.09. The van der Waals surface area contributed by atoms with Crippen LogP contribution in [0.3, 0.4) is 0 Å². The van der Waals surface area contributed by atoms with Crippen molar-refractivity contribution >= 4 is 23.2 Å². The smallest absolute Gasteiger partial charge is 0.258 e. The predicted octanol–water partition coefficient (Wildman–Crippen LogP) is 4.14. The van der Waals surface area contributed by atoms with Gasteiger partial charge in [-0.05, 0) is 54.4 Å². The van der Waals surface area contributed by atoms with Crippen LogP contribution in [-0.2, 0) is 6.42 Å². The van der Waals surface area contributed by atoms with Crippen molar-refractivity contribution in [3.8, 4) is 0 Å². The van der Waals surface area contributed by atoms with E-state index in [0.29, 0.717) is 17.7 Å². The van der Waals surface area contributed by atoms with Gasteiger partial charge >= 0.3 is 0 Å². The molecule has 1 N–H and O–H groups in total. The molecule has 0 unspecified atom stereocenters. The van der Waals surface area contributed by atoms with Crippen molar-refractivity contribution in [1.29, 1.82) is 0 Å². The molecule has 0 radical (unpaired) electrons. The zero-order valence-electron chi connectivity index (χ0n) is 14.2. The van der Waals surface area contributed by atoms with Crippen LogP contribution in [0.2, 0.25) is 0 Å². The normalized spacial score (nSPS) is 12.5. The van der Waals surface area contributed by atoms with E-state index in [4.69, 9.17) is 0 Å². The van der Waals surface area contributed by atoms with Crippen molar-refractivity contribution in [3.05, 3.63) is 95.6 Å². The number of anilines is 2. The Morgan fingerprint density at radius 1 is 0.769 bits per heavy atom. The quantitative estimate of drug-likeness (QED) is 0.778. The van der Waals surface area contributed by atoms with Crippen LogP contribution >= 0.6 is 0 Å². The molecule has 4 nitrogen and oxygen atoms in total. The average Bonchev–Trinajstić information content (AvgIpc) is 3.12. The molecule has 0 bridgehead atoms. The maximum atomic E-state index is 12.8. The van der Waals surface area contributed by atoms with Crippen LogP contribution in [0, 0.1) is 0 Å². The highest BCUT2D eigenvalue weighted by Gasteiger charge is 2.25. The van der Waals surface area contributed by atoms with Gasteiger partial charge in [0.25, 0.3) is 11.8 Å². The highest BCUT2D eigenvalue weighted by atomic mass is 16.2. The summed E-state index contributed by atoms with van der Waals surface area (Å²) in [5.41, 5.74) is 4.01. The highest BCUT2D eigenvalue weighted by Crippen LogP contribution is 2.28. The van der Waals surface area contributed by atoms with E-state index in [1.165, 1.54) is 5.56 Å². The Hall–Kier alpha value is -3.40. The first kappa shape index (κ1) is 16.1. The fourth-order valence-electron chi connectivity index (χ4n) is 3.19. The van der Waals surface area contributed by atoms with Crippen molar-refractivity contribution in [2.45, 2.75) is 6.42 Å². The van der Waals surface area contributed by atoms with E-state index in [0.717, 1.165) is 17.8 Å². The number of nitrogens with one attached hydrogen (secondary N) is 1. The minimum Gasteiger partial charge on any atom is -0.322 e. The largest absolute Gasteiger partial charge is 0.322 e. The van der Waals surface area contributed by atoms with Crippen LogP contribution < -0.4 is 10.2 Å². The number of rotatable bonds is 3. The van der Waals surface area contributed by atoms with Gasteiger partial charge in [-0.15, -0.1) is 0 Å². The first-order valence-corrected chi connectivity index (χ1v) is 8.58. The summed E-state index contributed by atoms with van der Waals surface area (Å²) < 4.78 is 0. The molecule has 0 aromatic heterocycles. The van der Waals surface area contributed by atoms with Gasteiger partial charge in [0.1, 0.15) is 0 Å². The average molecular weight is 342 g/mol. The summed E-state index contributed by atoms with van der Waals surface area (Å²) in [6.07, 6.45) is 0.874. The number of nitrogens with zero attached hydrogens (tertiary/aromatic N) is 1. The second-order valence-electron chi connectivity index (χ2n) is 6.23. The fourth-order valence-corrected chi connectivity index (χ4v) is 3.19. The number of hydrogen-bond donors (Lipinski definition) is 1. The van der Waals surface area contributed by atoms with E-state index in [1.54, 1.807) is 29.2 Å². The molecule has 128 valence electrons. The van der Waals surface area contributed by atoms with Gasteiger partial charge in [-0.3, -0.25) is 9.59 Å². The SMILES string of the molecule is O=C(Nc1ccccc1)c1ccc(C(=O)N2CCc3ccccc32)cc1. The monoisotopic (exact) mass is 342 g/mol. The summed E-state index contributed by atoms with van der Waals surface area (Å²) in [5.74, 6) is -0.230.